The first-order valence-electron chi connectivity index (χ1n) is 7.53. The predicted molar refractivity (Wildman–Crippen MR) is 83.0 cm³/mol. The molecule has 0 aromatic heterocycles. The summed E-state index contributed by atoms with van der Waals surface area (Å²) in [4.78, 5) is 25.1. The van der Waals surface area contributed by atoms with Crippen LogP contribution in [0.1, 0.15) is 37.8 Å². The molecule has 0 fully saturated rings. The van der Waals surface area contributed by atoms with Crippen LogP contribution in [0.5, 0.6) is 0 Å². The van der Waals surface area contributed by atoms with Crippen LogP contribution in [0, 0.1) is 0 Å². The van der Waals surface area contributed by atoms with E-state index < -0.39 is 0 Å². The van der Waals surface area contributed by atoms with Crippen molar-refractivity contribution in [1.82, 2.24) is 4.90 Å². The number of esters is 1. The lowest BCUT2D eigenvalue weighted by molar-refractivity contribution is -0.147. The molecular weight excluding hydrogens is 266 g/mol. The number of hydrogen-bond donors (Lipinski definition) is 0. The Balaban J connectivity index is 2.53. The fraction of sp³-hybridized carbons (Fsp3) is 0.529. The molecule has 4 heteroatoms. The normalized spacial score (nSPS) is 10.2. The molecule has 0 aliphatic rings. The quantitative estimate of drug-likeness (QED) is 0.692. The molecule has 0 radical (unpaired) electrons. The van der Waals surface area contributed by atoms with Crippen molar-refractivity contribution in [3.63, 3.8) is 0 Å². The largest absolute Gasteiger partial charge is 0.468 e. The van der Waals surface area contributed by atoms with Gasteiger partial charge in [0.15, 0.2) is 0 Å². The highest BCUT2D eigenvalue weighted by Gasteiger charge is 2.16. The van der Waals surface area contributed by atoms with E-state index in [4.69, 9.17) is 0 Å². The maximum atomic E-state index is 12.2. The highest BCUT2D eigenvalue weighted by atomic mass is 16.5. The van der Waals surface area contributed by atoms with Crippen molar-refractivity contribution >= 4 is 11.9 Å². The van der Waals surface area contributed by atoms with Gasteiger partial charge < -0.3 is 9.64 Å². The van der Waals surface area contributed by atoms with Crippen LogP contribution in [0.25, 0.3) is 0 Å². The molecule has 0 unspecified atom stereocenters. The average molecular weight is 291 g/mol. The van der Waals surface area contributed by atoms with Gasteiger partial charge in [-0.05, 0) is 30.4 Å². The summed E-state index contributed by atoms with van der Waals surface area (Å²) in [5.41, 5.74) is 2.44. The van der Waals surface area contributed by atoms with Crippen molar-refractivity contribution in [1.29, 1.82) is 0 Å². The van der Waals surface area contributed by atoms with Gasteiger partial charge in [-0.2, -0.15) is 0 Å². The van der Waals surface area contributed by atoms with Gasteiger partial charge >= 0.3 is 5.97 Å². The van der Waals surface area contributed by atoms with Crippen molar-refractivity contribution in [3.8, 4) is 0 Å². The molecule has 1 amide bonds. The zero-order chi connectivity index (χ0) is 15.7. The molecule has 0 N–H and O–H groups in total. The lowest BCUT2D eigenvalue weighted by Gasteiger charge is -2.20. The second-order valence-corrected chi connectivity index (χ2v) is 5.06. The summed E-state index contributed by atoms with van der Waals surface area (Å²) in [7, 11) is 1.34. The third-order valence-corrected chi connectivity index (χ3v) is 3.45. The molecule has 4 nitrogen and oxygen atoms in total. The van der Waals surface area contributed by atoms with E-state index in [9.17, 15) is 9.59 Å². The Kier molecular flexibility index (Phi) is 7.51. The van der Waals surface area contributed by atoms with Gasteiger partial charge in [-0.1, -0.05) is 38.1 Å². The standard InChI is InChI=1S/C17H25NO3/c1-4-12-18(13-17(20)21-3)16(19)11-10-15-8-6-14(5-2)7-9-15/h6-9H,4-5,10-13H2,1-3H3. The van der Waals surface area contributed by atoms with Crippen LogP contribution in [0.4, 0.5) is 0 Å². The SMILES string of the molecule is CCCN(CC(=O)OC)C(=O)CCc1ccc(CC)cc1. The summed E-state index contributed by atoms with van der Waals surface area (Å²) in [5, 5.41) is 0. The zero-order valence-electron chi connectivity index (χ0n) is 13.2. The Hall–Kier alpha value is -1.84. The molecule has 0 saturated heterocycles. The molecular formula is C17H25NO3. The lowest BCUT2D eigenvalue weighted by atomic mass is 10.1. The van der Waals surface area contributed by atoms with E-state index in [2.05, 4.69) is 35.9 Å². The maximum absolute atomic E-state index is 12.2. The predicted octanol–water partition coefficient (Wildman–Crippen LogP) is 2.59. The number of aryl methyl sites for hydroxylation is 2. The van der Waals surface area contributed by atoms with Gasteiger partial charge in [0, 0.05) is 13.0 Å². The summed E-state index contributed by atoms with van der Waals surface area (Å²) < 4.78 is 4.63. The van der Waals surface area contributed by atoms with E-state index in [1.807, 2.05) is 6.92 Å². The van der Waals surface area contributed by atoms with E-state index in [0.29, 0.717) is 19.4 Å². The number of ether oxygens (including phenoxy) is 1. The van der Waals surface area contributed by atoms with Gasteiger partial charge in [0.25, 0.3) is 0 Å². The third kappa shape index (κ3) is 5.98. The molecule has 0 atom stereocenters. The van der Waals surface area contributed by atoms with Crippen molar-refractivity contribution in [2.24, 2.45) is 0 Å². The van der Waals surface area contributed by atoms with Crippen molar-refractivity contribution in [2.45, 2.75) is 39.5 Å². The lowest BCUT2D eigenvalue weighted by Crippen LogP contribution is -2.36. The van der Waals surface area contributed by atoms with Crippen LogP contribution in [0.15, 0.2) is 24.3 Å². The van der Waals surface area contributed by atoms with Crippen LogP contribution in [0.3, 0.4) is 0 Å². The van der Waals surface area contributed by atoms with Gasteiger partial charge in [0.2, 0.25) is 5.91 Å². The molecule has 1 aromatic rings. The van der Waals surface area contributed by atoms with Crippen LogP contribution in [0.2, 0.25) is 0 Å². The highest BCUT2D eigenvalue weighted by Crippen LogP contribution is 2.09. The van der Waals surface area contributed by atoms with Gasteiger partial charge in [0.05, 0.1) is 7.11 Å². The Morgan fingerprint density at radius 3 is 2.24 bits per heavy atom. The minimum Gasteiger partial charge on any atom is -0.468 e. The van der Waals surface area contributed by atoms with Crippen molar-refractivity contribution < 1.29 is 14.3 Å². The molecule has 0 saturated carbocycles. The molecule has 1 rings (SSSR count). The molecule has 0 aliphatic carbocycles. The first-order valence-corrected chi connectivity index (χ1v) is 7.53. The Labute approximate surface area is 127 Å². The number of hydrogen-bond acceptors (Lipinski definition) is 3. The monoisotopic (exact) mass is 291 g/mol. The van der Waals surface area contributed by atoms with E-state index in [-0.39, 0.29) is 18.4 Å². The minimum atomic E-state index is -0.371. The minimum absolute atomic E-state index is 0.00168. The van der Waals surface area contributed by atoms with Crippen LogP contribution < -0.4 is 0 Å². The molecule has 0 heterocycles. The number of carbonyl (C=O) groups excluding carboxylic acids is 2. The number of nitrogens with zero attached hydrogens (tertiary/aromatic N) is 1. The van der Waals surface area contributed by atoms with Gasteiger partial charge in [-0.25, -0.2) is 0 Å². The number of amides is 1. The Bertz CT molecular complexity index is 454. The summed E-state index contributed by atoms with van der Waals surface area (Å²) in [6.45, 7) is 4.73. The molecule has 0 bridgehead atoms. The number of carbonyl (C=O) groups is 2. The Morgan fingerprint density at radius 1 is 1.10 bits per heavy atom. The molecule has 0 spiro atoms. The van der Waals surface area contributed by atoms with Crippen molar-refractivity contribution in [3.05, 3.63) is 35.4 Å². The third-order valence-electron chi connectivity index (χ3n) is 3.45. The second-order valence-electron chi connectivity index (χ2n) is 5.06. The molecule has 1 aromatic carbocycles. The van der Waals surface area contributed by atoms with E-state index in [0.717, 1.165) is 18.4 Å². The van der Waals surface area contributed by atoms with Crippen LogP contribution in [-0.2, 0) is 27.2 Å². The highest BCUT2D eigenvalue weighted by molar-refractivity contribution is 5.82. The van der Waals surface area contributed by atoms with Gasteiger partial charge in [0.1, 0.15) is 6.54 Å². The average Bonchev–Trinajstić information content (AvgIpc) is 2.52. The van der Waals surface area contributed by atoms with E-state index in [1.54, 1.807) is 4.90 Å². The number of benzene rings is 1. The van der Waals surface area contributed by atoms with Crippen molar-refractivity contribution in [2.75, 3.05) is 20.2 Å². The van der Waals surface area contributed by atoms with Crippen LogP contribution in [-0.4, -0.2) is 37.0 Å². The topological polar surface area (TPSA) is 46.6 Å². The second kappa shape index (κ2) is 9.16. The summed E-state index contributed by atoms with van der Waals surface area (Å²) in [5.74, 6) is -0.370. The Morgan fingerprint density at radius 2 is 1.71 bits per heavy atom. The van der Waals surface area contributed by atoms with Gasteiger partial charge in [-0.3, -0.25) is 9.59 Å². The number of rotatable bonds is 8. The fourth-order valence-corrected chi connectivity index (χ4v) is 2.13. The molecule has 0 aliphatic heterocycles. The molecule has 21 heavy (non-hydrogen) atoms. The van der Waals surface area contributed by atoms with E-state index >= 15 is 0 Å². The summed E-state index contributed by atoms with van der Waals surface area (Å²) >= 11 is 0. The summed E-state index contributed by atoms with van der Waals surface area (Å²) in [6, 6.07) is 8.32. The fourth-order valence-electron chi connectivity index (χ4n) is 2.13. The zero-order valence-corrected chi connectivity index (χ0v) is 13.2. The van der Waals surface area contributed by atoms with Gasteiger partial charge in [-0.15, -0.1) is 0 Å². The summed E-state index contributed by atoms with van der Waals surface area (Å²) in [6.07, 6.45) is 2.96. The van der Waals surface area contributed by atoms with Crippen LogP contribution >= 0.6 is 0 Å². The first kappa shape index (κ1) is 17.2. The first-order chi connectivity index (χ1) is 10.1. The smallest absolute Gasteiger partial charge is 0.325 e. The van der Waals surface area contributed by atoms with E-state index in [1.165, 1.54) is 12.7 Å². The molecule has 116 valence electrons. The number of methoxy groups -OCH3 is 1. The maximum Gasteiger partial charge on any atom is 0.325 e.